The van der Waals surface area contributed by atoms with Crippen molar-refractivity contribution in [3.8, 4) is 0 Å². The van der Waals surface area contributed by atoms with E-state index in [1.54, 1.807) is 35.7 Å². The van der Waals surface area contributed by atoms with Crippen molar-refractivity contribution in [2.45, 2.75) is 44.7 Å². The number of nitrogens with zero attached hydrogens (tertiary/aromatic N) is 1. The topological polar surface area (TPSA) is 78.5 Å². The lowest BCUT2D eigenvalue weighted by Crippen LogP contribution is -2.49. The number of carbonyl (C=O) groups is 3. The molecule has 35 heavy (non-hydrogen) atoms. The summed E-state index contributed by atoms with van der Waals surface area (Å²) in [5, 5.41) is 7.49. The third-order valence-corrected chi connectivity index (χ3v) is 6.97. The first-order chi connectivity index (χ1) is 16.9. The molecule has 1 aromatic heterocycles. The van der Waals surface area contributed by atoms with Gasteiger partial charge in [-0.1, -0.05) is 54.8 Å². The Labute approximate surface area is 208 Å². The van der Waals surface area contributed by atoms with Crippen molar-refractivity contribution in [1.29, 1.82) is 0 Å². The van der Waals surface area contributed by atoms with Crippen LogP contribution >= 0.6 is 11.3 Å². The van der Waals surface area contributed by atoms with E-state index in [4.69, 9.17) is 0 Å². The molecule has 182 valence electrons. The van der Waals surface area contributed by atoms with Crippen molar-refractivity contribution in [1.82, 2.24) is 10.6 Å². The van der Waals surface area contributed by atoms with Crippen LogP contribution in [0.25, 0.3) is 0 Å². The largest absolute Gasteiger partial charge is 0.351 e. The highest BCUT2D eigenvalue weighted by atomic mass is 32.1. The van der Waals surface area contributed by atoms with Crippen molar-refractivity contribution in [2.75, 3.05) is 11.4 Å². The molecule has 1 heterocycles. The summed E-state index contributed by atoms with van der Waals surface area (Å²) in [5.41, 5.74) is 1.86. The van der Waals surface area contributed by atoms with E-state index in [0.29, 0.717) is 10.4 Å². The highest BCUT2D eigenvalue weighted by Gasteiger charge is 2.34. The molecule has 6 nitrogen and oxygen atoms in total. The van der Waals surface area contributed by atoms with Gasteiger partial charge in [0.05, 0.1) is 11.4 Å². The summed E-state index contributed by atoms with van der Waals surface area (Å²) < 4.78 is 14.2. The first-order valence-corrected chi connectivity index (χ1v) is 12.6. The van der Waals surface area contributed by atoms with Gasteiger partial charge in [0, 0.05) is 11.7 Å². The van der Waals surface area contributed by atoms with Crippen LogP contribution in [-0.4, -0.2) is 30.3 Å². The van der Waals surface area contributed by atoms with E-state index >= 15 is 0 Å². The predicted octanol–water partition coefficient (Wildman–Crippen LogP) is 4.76. The molecule has 0 radical (unpaired) electrons. The predicted molar refractivity (Wildman–Crippen MR) is 135 cm³/mol. The van der Waals surface area contributed by atoms with Gasteiger partial charge < -0.3 is 10.6 Å². The summed E-state index contributed by atoms with van der Waals surface area (Å²) in [7, 11) is 0. The van der Waals surface area contributed by atoms with Gasteiger partial charge in [0.1, 0.15) is 11.9 Å². The molecule has 1 fully saturated rings. The summed E-state index contributed by atoms with van der Waals surface area (Å²) in [5.74, 6) is -1.76. The van der Waals surface area contributed by atoms with Crippen LogP contribution in [0.3, 0.4) is 0 Å². The number of halogens is 1. The van der Waals surface area contributed by atoms with Gasteiger partial charge in [-0.15, -0.1) is 11.3 Å². The molecule has 1 atom stereocenters. The molecule has 4 rings (SSSR count). The zero-order valence-corrected chi connectivity index (χ0v) is 20.3. The number of hydrogen-bond donors (Lipinski definition) is 2. The van der Waals surface area contributed by atoms with Crippen LogP contribution in [0.1, 0.15) is 52.5 Å². The second-order valence-corrected chi connectivity index (χ2v) is 9.65. The van der Waals surface area contributed by atoms with Crippen molar-refractivity contribution in [3.63, 3.8) is 0 Å². The molecule has 1 aliphatic rings. The van der Waals surface area contributed by atoms with E-state index in [1.165, 1.54) is 34.4 Å². The monoisotopic (exact) mass is 493 g/mol. The Morgan fingerprint density at radius 1 is 1.06 bits per heavy atom. The number of amides is 3. The van der Waals surface area contributed by atoms with Crippen LogP contribution in [0.5, 0.6) is 0 Å². The Morgan fingerprint density at radius 2 is 1.80 bits per heavy atom. The minimum absolute atomic E-state index is 0.0402. The molecule has 0 saturated heterocycles. The lowest BCUT2D eigenvalue weighted by Gasteiger charge is -2.32. The Morgan fingerprint density at radius 3 is 2.46 bits per heavy atom. The molecule has 1 saturated carbocycles. The van der Waals surface area contributed by atoms with Gasteiger partial charge in [-0.3, -0.25) is 19.3 Å². The smallest absolute Gasteiger partial charge is 0.261 e. The molecule has 8 heteroatoms. The highest BCUT2D eigenvalue weighted by molar-refractivity contribution is 7.12. The number of aryl methyl sites for hydroxylation is 1. The molecule has 0 bridgehead atoms. The van der Waals surface area contributed by atoms with E-state index in [9.17, 15) is 18.8 Å². The van der Waals surface area contributed by atoms with Gasteiger partial charge >= 0.3 is 0 Å². The Hall–Kier alpha value is -3.52. The van der Waals surface area contributed by atoms with Crippen molar-refractivity contribution in [3.05, 3.63) is 87.9 Å². The standard InChI is InChI=1S/C27H28FN3O3S/c1-18-11-13-19(14-12-18)25(27(34)30-21-7-2-3-8-21)31(22-9-4-6-20(28)16-22)24(32)17-29-26(33)23-10-5-15-35-23/h4-6,9-16,21,25H,2-3,7-8,17H2,1H3,(H,29,33)(H,30,34). The first-order valence-electron chi connectivity index (χ1n) is 11.7. The van der Waals surface area contributed by atoms with Gasteiger partial charge in [-0.25, -0.2) is 4.39 Å². The van der Waals surface area contributed by atoms with E-state index in [-0.39, 0.29) is 30.1 Å². The van der Waals surface area contributed by atoms with Crippen LogP contribution < -0.4 is 15.5 Å². The molecule has 2 aromatic carbocycles. The number of benzene rings is 2. The quantitative estimate of drug-likeness (QED) is 0.475. The van der Waals surface area contributed by atoms with Gasteiger partial charge in [-0.05, 0) is 55.0 Å². The molecule has 2 N–H and O–H groups in total. The summed E-state index contributed by atoms with van der Waals surface area (Å²) in [6.45, 7) is 1.60. The maximum atomic E-state index is 14.2. The average molecular weight is 494 g/mol. The lowest BCUT2D eigenvalue weighted by atomic mass is 10.0. The van der Waals surface area contributed by atoms with Crippen molar-refractivity contribution < 1.29 is 18.8 Å². The van der Waals surface area contributed by atoms with Crippen LogP contribution in [0.15, 0.2) is 66.0 Å². The molecular formula is C27H28FN3O3S. The van der Waals surface area contributed by atoms with E-state index in [2.05, 4.69) is 10.6 Å². The van der Waals surface area contributed by atoms with E-state index < -0.39 is 17.8 Å². The molecular weight excluding hydrogens is 465 g/mol. The lowest BCUT2D eigenvalue weighted by molar-refractivity contribution is -0.126. The zero-order chi connectivity index (χ0) is 24.8. The number of nitrogens with one attached hydrogen (secondary N) is 2. The molecule has 3 aromatic rings. The van der Waals surface area contributed by atoms with E-state index in [0.717, 1.165) is 31.2 Å². The third kappa shape index (κ3) is 6.14. The average Bonchev–Trinajstić information content (AvgIpc) is 3.56. The minimum Gasteiger partial charge on any atom is -0.351 e. The van der Waals surface area contributed by atoms with E-state index in [1.807, 2.05) is 19.1 Å². The number of carbonyl (C=O) groups excluding carboxylic acids is 3. The summed E-state index contributed by atoms with van der Waals surface area (Å²) in [6, 6.07) is 15.4. The third-order valence-electron chi connectivity index (χ3n) is 6.10. The summed E-state index contributed by atoms with van der Waals surface area (Å²) in [4.78, 5) is 41.4. The fraction of sp³-hybridized carbons (Fsp3) is 0.296. The second kappa shape index (κ2) is 11.3. The minimum atomic E-state index is -1.02. The van der Waals surface area contributed by atoms with Crippen LogP contribution in [0.2, 0.25) is 0 Å². The molecule has 1 unspecified atom stereocenters. The van der Waals surface area contributed by atoms with Crippen LogP contribution in [-0.2, 0) is 9.59 Å². The fourth-order valence-electron chi connectivity index (χ4n) is 4.32. The number of thiophene rings is 1. The van der Waals surface area contributed by atoms with Gasteiger partial charge in [0.2, 0.25) is 11.8 Å². The SMILES string of the molecule is Cc1ccc(C(C(=O)NC2CCCC2)N(C(=O)CNC(=O)c2cccs2)c2cccc(F)c2)cc1. The first kappa shape index (κ1) is 24.6. The van der Waals surface area contributed by atoms with Gasteiger partial charge in [0.15, 0.2) is 0 Å². The highest BCUT2D eigenvalue weighted by Crippen LogP contribution is 2.30. The number of anilines is 1. The number of hydrogen-bond acceptors (Lipinski definition) is 4. The van der Waals surface area contributed by atoms with Crippen LogP contribution in [0, 0.1) is 12.7 Å². The fourth-order valence-corrected chi connectivity index (χ4v) is 4.96. The Balaban J connectivity index is 1.68. The Bertz CT molecular complexity index is 1170. The maximum Gasteiger partial charge on any atom is 0.261 e. The maximum absolute atomic E-state index is 14.2. The zero-order valence-electron chi connectivity index (χ0n) is 19.5. The normalized spacial score (nSPS) is 14.3. The number of rotatable bonds is 8. The summed E-state index contributed by atoms with van der Waals surface area (Å²) >= 11 is 1.27. The molecule has 3 amide bonds. The summed E-state index contributed by atoms with van der Waals surface area (Å²) in [6.07, 6.45) is 3.86. The second-order valence-electron chi connectivity index (χ2n) is 8.71. The Kier molecular flexibility index (Phi) is 7.92. The van der Waals surface area contributed by atoms with Crippen molar-refractivity contribution >= 4 is 34.7 Å². The van der Waals surface area contributed by atoms with Crippen LogP contribution in [0.4, 0.5) is 10.1 Å². The van der Waals surface area contributed by atoms with Crippen molar-refractivity contribution in [2.24, 2.45) is 0 Å². The van der Waals surface area contributed by atoms with Gasteiger partial charge in [-0.2, -0.15) is 0 Å². The molecule has 0 spiro atoms. The molecule has 0 aliphatic heterocycles. The van der Waals surface area contributed by atoms with Gasteiger partial charge in [0.25, 0.3) is 5.91 Å². The molecule has 1 aliphatic carbocycles.